The molecule has 0 aromatic heterocycles. The van der Waals surface area contributed by atoms with E-state index in [2.05, 4.69) is 21.9 Å². The van der Waals surface area contributed by atoms with Gasteiger partial charge < -0.3 is 14.4 Å². The van der Waals surface area contributed by atoms with Crippen LogP contribution in [0.25, 0.3) is 0 Å². The third kappa shape index (κ3) is 2.97. The zero-order valence-corrected chi connectivity index (χ0v) is 14.6. The van der Waals surface area contributed by atoms with Gasteiger partial charge in [0.2, 0.25) is 5.91 Å². The third-order valence-corrected chi connectivity index (χ3v) is 5.80. The lowest BCUT2D eigenvalue weighted by Crippen LogP contribution is -2.44. The average Bonchev–Trinajstić information content (AvgIpc) is 3.39. The van der Waals surface area contributed by atoms with E-state index < -0.39 is 0 Å². The number of piperidine rings is 1. The molecule has 1 aliphatic carbocycles. The zero-order valence-electron chi connectivity index (χ0n) is 14.6. The van der Waals surface area contributed by atoms with Gasteiger partial charge in [-0.2, -0.15) is 0 Å². The number of rotatable bonds is 4. The van der Waals surface area contributed by atoms with Crippen molar-refractivity contribution in [2.45, 2.75) is 25.8 Å². The molecule has 5 nitrogen and oxygen atoms in total. The SMILES string of the molecule is COc1cc2c(cc1OC)CN(CC(=O)N1CCC3CC3C1)CC2. The Morgan fingerprint density at radius 3 is 2.58 bits per heavy atom. The first kappa shape index (κ1) is 15.8. The fraction of sp³-hybridized carbons (Fsp3) is 0.632. The molecule has 0 spiro atoms. The molecule has 1 saturated heterocycles. The molecule has 2 atom stereocenters. The lowest BCUT2D eigenvalue weighted by molar-refractivity contribution is -0.133. The maximum atomic E-state index is 12.6. The Hall–Kier alpha value is -1.75. The maximum Gasteiger partial charge on any atom is 0.236 e. The van der Waals surface area contributed by atoms with Crippen molar-refractivity contribution in [1.82, 2.24) is 9.80 Å². The number of hydrogen-bond acceptors (Lipinski definition) is 4. The molecule has 1 saturated carbocycles. The van der Waals surface area contributed by atoms with E-state index >= 15 is 0 Å². The molecular weight excluding hydrogens is 304 g/mol. The van der Waals surface area contributed by atoms with Gasteiger partial charge in [-0.15, -0.1) is 0 Å². The lowest BCUT2D eigenvalue weighted by Gasteiger charge is -2.32. The fourth-order valence-electron chi connectivity index (χ4n) is 4.18. The highest BCUT2D eigenvalue weighted by Gasteiger charge is 2.42. The number of fused-ring (bicyclic) bond motifs is 2. The first-order valence-electron chi connectivity index (χ1n) is 8.92. The van der Waals surface area contributed by atoms with E-state index in [0.29, 0.717) is 12.5 Å². The molecule has 0 radical (unpaired) electrons. The van der Waals surface area contributed by atoms with E-state index in [1.54, 1.807) is 14.2 Å². The lowest BCUT2D eigenvalue weighted by atomic mass is 9.98. The molecule has 2 fully saturated rings. The quantitative estimate of drug-likeness (QED) is 0.846. The summed E-state index contributed by atoms with van der Waals surface area (Å²) >= 11 is 0. The van der Waals surface area contributed by atoms with Gasteiger partial charge in [0.05, 0.1) is 20.8 Å². The molecule has 130 valence electrons. The molecule has 4 rings (SSSR count). The second kappa shape index (κ2) is 6.28. The van der Waals surface area contributed by atoms with E-state index in [1.807, 2.05) is 0 Å². The highest BCUT2D eigenvalue weighted by Crippen LogP contribution is 2.44. The molecule has 1 aromatic carbocycles. The molecular formula is C19H26N2O3. The Bertz CT molecular complexity index is 646. The standard InChI is InChI=1S/C19H26N2O3/c1-23-17-8-14-3-5-20(10-16(14)9-18(17)24-2)12-19(22)21-6-4-13-7-15(13)11-21/h8-9,13,15H,3-7,10-12H2,1-2H3. The highest BCUT2D eigenvalue weighted by molar-refractivity contribution is 5.78. The molecule has 1 aromatic rings. The van der Waals surface area contributed by atoms with Gasteiger partial charge >= 0.3 is 0 Å². The van der Waals surface area contributed by atoms with Gasteiger partial charge in [0.1, 0.15) is 0 Å². The van der Waals surface area contributed by atoms with E-state index in [-0.39, 0.29) is 0 Å². The van der Waals surface area contributed by atoms with Crippen LogP contribution in [-0.4, -0.2) is 56.1 Å². The predicted molar refractivity (Wildman–Crippen MR) is 91.3 cm³/mol. The summed E-state index contributed by atoms with van der Waals surface area (Å²) in [5.41, 5.74) is 2.54. The first-order chi connectivity index (χ1) is 11.7. The molecule has 3 aliphatic rings. The van der Waals surface area contributed by atoms with Gasteiger partial charge in [0, 0.05) is 26.2 Å². The third-order valence-electron chi connectivity index (χ3n) is 5.80. The molecule has 1 amide bonds. The van der Waals surface area contributed by atoms with Crippen molar-refractivity contribution in [2.24, 2.45) is 11.8 Å². The minimum absolute atomic E-state index is 0.296. The Morgan fingerprint density at radius 2 is 1.88 bits per heavy atom. The largest absolute Gasteiger partial charge is 0.493 e. The van der Waals surface area contributed by atoms with Gasteiger partial charge in [-0.3, -0.25) is 9.69 Å². The van der Waals surface area contributed by atoms with Crippen molar-refractivity contribution in [1.29, 1.82) is 0 Å². The Kier molecular flexibility index (Phi) is 4.12. The molecule has 2 aliphatic heterocycles. The van der Waals surface area contributed by atoms with Crippen LogP contribution in [0, 0.1) is 11.8 Å². The van der Waals surface area contributed by atoms with Crippen molar-refractivity contribution >= 4 is 5.91 Å². The van der Waals surface area contributed by atoms with Crippen molar-refractivity contribution in [2.75, 3.05) is 40.4 Å². The van der Waals surface area contributed by atoms with Crippen LogP contribution in [0.3, 0.4) is 0 Å². The van der Waals surface area contributed by atoms with Crippen LogP contribution < -0.4 is 9.47 Å². The van der Waals surface area contributed by atoms with E-state index in [0.717, 1.165) is 55.9 Å². The first-order valence-corrected chi connectivity index (χ1v) is 8.92. The number of amides is 1. The summed E-state index contributed by atoms with van der Waals surface area (Å²) < 4.78 is 10.8. The second-order valence-corrected chi connectivity index (χ2v) is 7.32. The Labute approximate surface area is 143 Å². The number of carbonyl (C=O) groups is 1. The van der Waals surface area contributed by atoms with Crippen LogP contribution in [-0.2, 0) is 17.8 Å². The number of methoxy groups -OCH3 is 2. The number of nitrogens with zero attached hydrogens (tertiary/aromatic N) is 2. The van der Waals surface area contributed by atoms with Crippen molar-refractivity contribution in [3.8, 4) is 11.5 Å². The summed E-state index contributed by atoms with van der Waals surface area (Å²) in [6.07, 6.45) is 3.49. The van der Waals surface area contributed by atoms with Gasteiger partial charge in [0.25, 0.3) is 0 Å². The topological polar surface area (TPSA) is 42.0 Å². The summed E-state index contributed by atoms with van der Waals surface area (Å²) in [6, 6.07) is 4.13. The number of carbonyl (C=O) groups excluding carboxylic acids is 1. The van der Waals surface area contributed by atoms with Crippen LogP contribution in [0.1, 0.15) is 24.0 Å². The number of ether oxygens (including phenoxy) is 2. The normalized spacial score (nSPS) is 25.7. The minimum Gasteiger partial charge on any atom is -0.493 e. The van der Waals surface area contributed by atoms with Crippen LogP contribution in [0.4, 0.5) is 0 Å². The monoisotopic (exact) mass is 330 g/mol. The van der Waals surface area contributed by atoms with Crippen LogP contribution in [0.15, 0.2) is 12.1 Å². The van der Waals surface area contributed by atoms with Crippen LogP contribution >= 0.6 is 0 Å². The van der Waals surface area contributed by atoms with Crippen molar-refractivity contribution in [3.05, 3.63) is 23.3 Å². The minimum atomic E-state index is 0.296. The summed E-state index contributed by atoms with van der Waals surface area (Å²) in [6.45, 7) is 4.20. The molecule has 2 heterocycles. The molecule has 2 unspecified atom stereocenters. The molecule has 5 heteroatoms. The summed E-state index contributed by atoms with van der Waals surface area (Å²) in [4.78, 5) is 16.9. The van der Waals surface area contributed by atoms with Crippen molar-refractivity contribution < 1.29 is 14.3 Å². The van der Waals surface area contributed by atoms with E-state index in [1.165, 1.54) is 24.0 Å². The second-order valence-electron chi connectivity index (χ2n) is 7.32. The number of benzene rings is 1. The van der Waals surface area contributed by atoms with Gasteiger partial charge in [-0.25, -0.2) is 0 Å². The predicted octanol–water partition coefficient (Wildman–Crippen LogP) is 1.93. The van der Waals surface area contributed by atoms with Gasteiger partial charge in [-0.1, -0.05) is 0 Å². The maximum absolute atomic E-state index is 12.6. The summed E-state index contributed by atoms with van der Waals surface area (Å²) in [7, 11) is 3.33. The van der Waals surface area contributed by atoms with Crippen molar-refractivity contribution in [3.63, 3.8) is 0 Å². The van der Waals surface area contributed by atoms with Crippen LogP contribution in [0.2, 0.25) is 0 Å². The smallest absolute Gasteiger partial charge is 0.236 e. The average molecular weight is 330 g/mol. The van der Waals surface area contributed by atoms with Crippen LogP contribution in [0.5, 0.6) is 11.5 Å². The van der Waals surface area contributed by atoms with Gasteiger partial charge in [-0.05, 0) is 54.4 Å². The number of hydrogen-bond donors (Lipinski definition) is 0. The molecule has 0 N–H and O–H groups in total. The summed E-state index contributed by atoms with van der Waals surface area (Å²) in [5, 5.41) is 0. The van der Waals surface area contributed by atoms with E-state index in [4.69, 9.17) is 9.47 Å². The molecule has 24 heavy (non-hydrogen) atoms. The zero-order chi connectivity index (χ0) is 16.7. The fourth-order valence-corrected chi connectivity index (χ4v) is 4.18. The van der Waals surface area contributed by atoms with E-state index in [9.17, 15) is 4.79 Å². The Balaban J connectivity index is 1.41. The van der Waals surface area contributed by atoms with Gasteiger partial charge in [0.15, 0.2) is 11.5 Å². The summed E-state index contributed by atoms with van der Waals surface area (Å²) in [5.74, 6) is 3.55. The number of likely N-dealkylation sites (tertiary alicyclic amines) is 1. The highest BCUT2D eigenvalue weighted by atomic mass is 16.5. The Morgan fingerprint density at radius 1 is 1.12 bits per heavy atom. The molecule has 0 bridgehead atoms.